The standard InChI is InChI=1S/C19H25N5O6S2/c1-12-16(31-19(20-12)24-8-10-30-11-9-24)18(26)22-21-17(25)13(2)23-32(27,28)15-6-4-14(29-3)5-7-15/h4-7,13,23H,8-11H2,1-3H3,(H,21,25)(H,22,26)/t13-/m0/s1. The number of aromatic nitrogens is 1. The summed E-state index contributed by atoms with van der Waals surface area (Å²) in [6.45, 7) is 5.66. The third-order valence-electron chi connectivity index (χ3n) is 4.67. The Hall–Kier alpha value is -2.74. The summed E-state index contributed by atoms with van der Waals surface area (Å²) in [7, 11) is -2.47. The predicted octanol–water partition coefficient (Wildman–Crippen LogP) is 0.425. The molecule has 13 heteroatoms. The first kappa shape index (κ1) is 23.9. The Morgan fingerprint density at radius 3 is 2.47 bits per heavy atom. The summed E-state index contributed by atoms with van der Waals surface area (Å²) in [4.78, 5) is 31.6. The van der Waals surface area contributed by atoms with Crippen LogP contribution < -0.4 is 25.2 Å². The fourth-order valence-corrected chi connectivity index (χ4v) is 5.09. The van der Waals surface area contributed by atoms with Gasteiger partial charge in [0, 0.05) is 13.1 Å². The Labute approximate surface area is 190 Å². The van der Waals surface area contributed by atoms with Gasteiger partial charge in [0.15, 0.2) is 5.13 Å². The van der Waals surface area contributed by atoms with E-state index < -0.39 is 27.9 Å². The molecule has 1 atom stereocenters. The summed E-state index contributed by atoms with van der Waals surface area (Å²) in [5, 5.41) is 0.711. The molecule has 1 saturated heterocycles. The maximum absolute atomic E-state index is 12.5. The molecule has 0 spiro atoms. The van der Waals surface area contributed by atoms with Crippen molar-refractivity contribution in [3.05, 3.63) is 34.8 Å². The number of ether oxygens (including phenoxy) is 2. The van der Waals surface area contributed by atoms with Crippen molar-refractivity contribution in [2.45, 2.75) is 24.8 Å². The largest absolute Gasteiger partial charge is 0.497 e. The summed E-state index contributed by atoms with van der Waals surface area (Å²) in [5.41, 5.74) is 5.10. The highest BCUT2D eigenvalue weighted by Crippen LogP contribution is 2.26. The molecule has 32 heavy (non-hydrogen) atoms. The zero-order valence-corrected chi connectivity index (χ0v) is 19.5. The molecule has 1 aromatic carbocycles. The van der Waals surface area contributed by atoms with Crippen LogP contribution in [0, 0.1) is 6.92 Å². The molecule has 1 fully saturated rings. The summed E-state index contributed by atoms with van der Waals surface area (Å²) < 4.78 is 37.5. The van der Waals surface area contributed by atoms with Crippen LogP contribution in [0.15, 0.2) is 29.2 Å². The molecule has 1 aliphatic rings. The number of sulfonamides is 1. The molecule has 2 aromatic rings. The second-order valence-electron chi connectivity index (χ2n) is 6.97. The fourth-order valence-electron chi connectivity index (χ4n) is 2.88. The van der Waals surface area contributed by atoms with Crippen molar-refractivity contribution in [2.75, 3.05) is 38.3 Å². The number of thiazole rings is 1. The number of amides is 2. The molecule has 11 nitrogen and oxygen atoms in total. The number of hydrazine groups is 1. The lowest BCUT2D eigenvalue weighted by atomic mass is 10.3. The molecule has 0 aliphatic carbocycles. The Kier molecular flexibility index (Phi) is 7.66. The molecule has 2 heterocycles. The monoisotopic (exact) mass is 483 g/mol. The van der Waals surface area contributed by atoms with Gasteiger partial charge in [-0.15, -0.1) is 0 Å². The van der Waals surface area contributed by atoms with E-state index in [0.29, 0.717) is 47.8 Å². The van der Waals surface area contributed by atoms with Gasteiger partial charge in [0.1, 0.15) is 10.6 Å². The highest BCUT2D eigenvalue weighted by molar-refractivity contribution is 7.89. The first-order valence-electron chi connectivity index (χ1n) is 9.78. The van der Waals surface area contributed by atoms with Gasteiger partial charge in [-0.25, -0.2) is 13.4 Å². The third kappa shape index (κ3) is 5.73. The zero-order valence-electron chi connectivity index (χ0n) is 17.9. The van der Waals surface area contributed by atoms with Gasteiger partial charge in [-0.1, -0.05) is 11.3 Å². The summed E-state index contributed by atoms with van der Waals surface area (Å²) in [6, 6.07) is 4.61. The number of aryl methyl sites for hydroxylation is 1. The van der Waals surface area contributed by atoms with E-state index >= 15 is 0 Å². The topological polar surface area (TPSA) is 139 Å². The first-order valence-corrected chi connectivity index (χ1v) is 12.1. The lowest BCUT2D eigenvalue weighted by molar-refractivity contribution is -0.123. The predicted molar refractivity (Wildman–Crippen MR) is 118 cm³/mol. The first-order chi connectivity index (χ1) is 15.2. The average molecular weight is 484 g/mol. The van der Waals surface area contributed by atoms with Crippen molar-refractivity contribution in [1.82, 2.24) is 20.6 Å². The molecule has 0 bridgehead atoms. The number of methoxy groups -OCH3 is 1. The normalized spacial score (nSPS) is 15.2. The van der Waals surface area contributed by atoms with Gasteiger partial charge in [-0.2, -0.15) is 4.72 Å². The van der Waals surface area contributed by atoms with Gasteiger partial charge in [0.2, 0.25) is 10.0 Å². The Morgan fingerprint density at radius 2 is 1.84 bits per heavy atom. The molecule has 0 radical (unpaired) electrons. The van der Waals surface area contributed by atoms with Gasteiger partial charge >= 0.3 is 0 Å². The molecule has 3 N–H and O–H groups in total. The van der Waals surface area contributed by atoms with Crippen molar-refractivity contribution in [1.29, 1.82) is 0 Å². The summed E-state index contributed by atoms with van der Waals surface area (Å²) >= 11 is 1.22. The number of nitrogens with zero attached hydrogens (tertiary/aromatic N) is 2. The van der Waals surface area contributed by atoms with Crippen LogP contribution in [0.1, 0.15) is 22.3 Å². The maximum atomic E-state index is 12.5. The second kappa shape index (κ2) is 10.3. The SMILES string of the molecule is COc1ccc(S(=O)(=O)N[C@@H](C)C(=O)NNC(=O)c2sc(N3CCOCC3)nc2C)cc1. The van der Waals surface area contributed by atoms with Crippen LogP contribution in [0.4, 0.5) is 5.13 Å². The molecule has 2 amide bonds. The number of carbonyl (C=O) groups is 2. The van der Waals surface area contributed by atoms with Gasteiger partial charge < -0.3 is 14.4 Å². The van der Waals surface area contributed by atoms with Crippen molar-refractivity contribution in [3.8, 4) is 5.75 Å². The number of hydrogen-bond donors (Lipinski definition) is 3. The quantitative estimate of drug-likeness (QED) is 0.482. The Bertz CT molecular complexity index is 1060. The summed E-state index contributed by atoms with van der Waals surface area (Å²) in [6.07, 6.45) is 0. The lowest BCUT2D eigenvalue weighted by Crippen LogP contribution is -2.51. The van der Waals surface area contributed by atoms with E-state index in [1.807, 2.05) is 4.90 Å². The van der Waals surface area contributed by atoms with Crippen LogP contribution in [-0.4, -0.2) is 64.7 Å². The molecular formula is C19H25N5O6S2. The van der Waals surface area contributed by atoms with Crippen LogP contribution in [0.2, 0.25) is 0 Å². The Morgan fingerprint density at radius 1 is 1.19 bits per heavy atom. The number of morpholine rings is 1. The molecule has 3 rings (SSSR count). The van der Waals surface area contributed by atoms with E-state index in [1.54, 1.807) is 6.92 Å². The van der Waals surface area contributed by atoms with Crippen molar-refractivity contribution >= 4 is 38.3 Å². The number of carbonyl (C=O) groups excluding carboxylic acids is 2. The van der Waals surface area contributed by atoms with Crippen LogP contribution in [-0.2, 0) is 19.6 Å². The average Bonchev–Trinajstić information content (AvgIpc) is 3.19. The van der Waals surface area contributed by atoms with Crippen LogP contribution >= 0.6 is 11.3 Å². The number of rotatable bonds is 7. The highest BCUT2D eigenvalue weighted by Gasteiger charge is 2.24. The molecule has 0 unspecified atom stereocenters. The van der Waals surface area contributed by atoms with Gasteiger partial charge in [0.05, 0.1) is 37.0 Å². The van der Waals surface area contributed by atoms with Crippen molar-refractivity contribution < 1.29 is 27.5 Å². The maximum Gasteiger partial charge on any atom is 0.281 e. The molecule has 0 saturated carbocycles. The summed E-state index contributed by atoms with van der Waals surface area (Å²) in [5.74, 6) is -0.739. The van der Waals surface area contributed by atoms with E-state index in [0.717, 1.165) is 0 Å². The number of hydrogen-bond acceptors (Lipinski definition) is 9. The second-order valence-corrected chi connectivity index (χ2v) is 9.66. The van der Waals surface area contributed by atoms with E-state index in [1.165, 1.54) is 49.6 Å². The third-order valence-corrected chi connectivity index (χ3v) is 7.44. The Balaban J connectivity index is 1.56. The highest BCUT2D eigenvalue weighted by atomic mass is 32.2. The zero-order chi connectivity index (χ0) is 23.3. The van der Waals surface area contributed by atoms with Gasteiger partial charge in [-0.3, -0.25) is 20.4 Å². The van der Waals surface area contributed by atoms with E-state index in [-0.39, 0.29) is 4.90 Å². The van der Waals surface area contributed by atoms with Gasteiger partial charge in [0.25, 0.3) is 11.8 Å². The number of benzene rings is 1. The number of anilines is 1. The smallest absolute Gasteiger partial charge is 0.281 e. The molecular weight excluding hydrogens is 458 g/mol. The van der Waals surface area contributed by atoms with Crippen LogP contribution in [0.5, 0.6) is 5.75 Å². The minimum Gasteiger partial charge on any atom is -0.497 e. The molecule has 1 aliphatic heterocycles. The number of nitrogens with one attached hydrogen (secondary N) is 3. The molecule has 1 aromatic heterocycles. The van der Waals surface area contributed by atoms with Gasteiger partial charge in [-0.05, 0) is 38.1 Å². The van der Waals surface area contributed by atoms with E-state index in [4.69, 9.17) is 9.47 Å². The van der Waals surface area contributed by atoms with Crippen LogP contribution in [0.25, 0.3) is 0 Å². The molecule has 174 valence electrons. The van der Waals surface area contributed by atoms with Crippen molar-refractivity contribution in [2.24, 2.45) is 0 Å². The van der Waals surface area contributed by atoms with E-state index in [2.05, 4.69) is 20.6 Å². The fraction of sp³-hybridized carbons (Fsp3) is 0.421. The lowest BCUT2D eigenvalue weighted by Gasteiger charge is -2.25. The van der Waals surface area contributed by atoms with Crippen molar-refractivity contribution in [3.63, 3.8) is 0 Å². The minimum atomic E-state index is -3.94. The minimum absolute atomic E-state index is 0.0158. The van der Waals surface area contributed by atoms with Crippen LogP contribution in [0.3, 0.4) is 0 Å². The van der Waals surface area contributed by atoms with E-state index in [9.17, 15) is 18.0 Å².